The highest BCUT2D eigenvalue weighted by molar-refractivity contribution is 7.80. The standard InChI is InChI=1S/C23H27N3O4S/c1-23-19(21(27)24-15-9-11-16(29-3)12-10-15)20(17-7-4-5-8-18(17)30-23)25-22(31)26(23)13-6-14-28-2/h4-5,7-12,19-20H,6,13-14H2,1-3H3,(H,24,27)(H,25,31)/t19-,20+,23+/m1/s1. The minimum Gasteiger partial charge on any atom is -0.497 e. The zero-order valence-electron chi connectivity index (χ0n) is 17.9. The van der Waals surface area contributed by atoms with Crippen LogP contribution in [0.1, 0.15) is 24.9 Å². The Morgan fingerprint density at radius 2 is 1.97 bits per heavy atom. The van der Waals surface area contributed by atoms with Crippen LogP contribution in [0.2, 0.25) is 0 Å². The summed E-state index contributed by atoms with van der Waals surface area (Å²) in [6, 6.07) is 14.8. The highest BCUT2D eigenvalue weighted by Crippen LogP contribution is 2.48. The summed E-state index contributed by atoms with van der Waals surface area (Å²) in [5, 5.41) is 7.01. The largest absolute Gasteiger partial charge is 0.497 e. The van der Waals surface area contributed by atoms with Crippen molar-refractivity contribution in [1.82, 2.24) is 10.2 Å². The van der Waals surface area contributed by atoms with Crippen molar-refractivity contribution in [2.45, 2.75) is 25.1 Å². The maximum Gasteiger partial charge on any atom is 0.236 e. The van der Waals surface area contributed by atoms with E-state index >= 15 is 0 Å². The number of ether oxygens (including phenoxy) is 3. The molecule has 0 aromatic heterocycles. The predicted octanol–water partition coefficient (Wildman–Crippen LogP) is 3.33. The molecule has 3 atom stereocenters. The van der Waals surface area contributed by atoms with Gasteiger partial charge >= 0.3 is 0 Å². The average Bonchev–Trinajstić information content (AvgIpc) is 2.76. The van der Waals surface area contributed by atoms with E-state index in [0.717, 1.165) is 23.5 Å². The Balaban J connectivity index is 1.68. The van der Waals surface area contributed by atoms with Crippen molar-refractivity contribution in [2.75, 3.05) is 32.7 Å². The van der Waals surface area contributed by atoms with Crippen molar-refractivity contribution in [1.29, 1.82) is 0 Å². The number of thiocarbonyl (C=S) groups is 1. The fraction of sp³-hybridized carbons (Fsp3) is 0.391. The van der Waals surface area contributed by atoms with Crippen LogP contribution in [0.3, 0.4) is 0 Å². The van der Waals surface area contributed by atoms with Crippen molar-refractivity contribution in [3.05, 3.63) is 54.1 Å². The number of hydrogen-bond acceptors (Lipinski definition) is 5. The number of anilines is 1. The molecule has 0 saturated carbocycles. The topological polar surface area (TPSA) is 72.1 Å². The highest BCUT2D eigenvalue weighted by Gasteiger charge is 2.58. The van der Waals surface area contributed by atoms with Gasteiger partial charge in [-0.2, -0.15) is 0 Å². The van der Waals surface area contributed by atoms with Gasteiger partial charge in [-0.1, -0.05) is 18.2 Å². The van der Waals surface area contributed by atoms with Crippen molar-refractivity contribution < 1.29 is 19.0 Å². The van der Waals surface area contributed by atoms with Gasteiger partial charge in [-0.05, 0) is 55.9 Å². The summed E-state index contributed by atoms with van der Waals surface area (Å²) in [5.41, 5.74) is 0.680. The van der Waals surface area contributed by atoms with Crippen molar-refractivity contribution in [2.24, 2.45) is 5.92 Å². The van der Waals surface area contributed by atoms with E-state index in [0.29, 0.717) is 24.0 Å². The van der Waals surface area contributed by atoms with Crippen molar-refractivity contribution in [3.63, 3.8) is 0 Å². The molecule has 1 fully saturated rings. The smallest absolute Gasteiger partial charge is 0.236 e. The quantitative estimate of drug-likeness (QED) is 0.504. The van der Waals surface area contributed by atoms with Crippen LogP contribution in [-0.2, 0) is 9.53 Å². The van der Waals surface area contributed by atoms with Crippen LogP contribution < -0.4 is 20.1 Å². The summed E-state index contributed by atoms with van der Waals surface area (Å²) < 4.78 is 16.9. The Morgan fingerprint density at radius 3 is 2.68 bits per heavy atom. The number of fused-ring (bicyclic) bond motifs is 4. The zero-order chi connectivity index (χ0) is 22.0. The molecule has 0 spiro atoms. The van der Waals surface area contributed by atoms with Crippen LogP contribution >= 0.6 is 12.2 Å². The molecule has 164 valence electrons. The van der Waals surface area contributed by atoms with E-state index in [1.165, 1.54) is 0 Å². The fourth-order valence-electron chi connectivity index (χ4n) is 4.38. The first-order valence-corrected chi connectivity index (χ1v) is 10.7. The molecule has 2 aliphatic heterocycles. The molecule has 1 saturated heterocycles. The lowest BCUT2D eigenvalue weighted by atomic mass is 9.78. The molecule has 0 unspecified atom stereocenters. The number of carbonyl (C=O) groups excluding carboxylic acids is 1. The zero-order valence-corrected chi connectivity index (χ0v) is 18.7. The molecule has 7 nitrogen and oxygen atoms in total. The van der Waals surface area contributed by atoms with Crippen LogP contribution in [0.25, 0.3) is 0 Å². The number of benzene rings is 2. The minimum absolute atomic E-state index is 0.140. The minimum atomic E-state index is -0.939. The number of hydrogen-bond donors (Lipinski definition) is 2. The normalized spacial score (nSPS) is 24.0. The number of para-hydroxylation sites is 1. The first kappa shape index (κ1) is 21.4. The SMILES string of the molecule is COCCCN1C(=S)N[C@H]2c3ccccc3O[C@@]1(C)[C@H]2C(=O)Nc1ccc(OC)cc1. The molecular formula is C23H27N3O4S. The Morgan fingerprint density at radius 1 is 1.23 bits per heavy atom. The van der Waals surface area contributed by atoms with Crippen LogP contribution in [0, 0.1) is 5.92 Å². The molecule has 2 aromatic rings. The predicted molar refractivity (Wildman–Crippen MR) is 122 cm³/mol. The van der Waals surface area contributed by atoms with Crippen molar-refractivity contribution in [3.8, 4) is 11.5 Å². The third-order valence-corrected chi connectivity index (χ3v) is 6.25. The van der Waals surface area contributed by atoms with Gasteiger partial charge in [0.15, 0.2) is 10.8 Å². The van der Waals surface area contributed by atoms with E-state index in [4.69, 9.17) is 26.4 Å². The Kier molecular flexibility index (Phi) is 6.02. The van der Waals surface area contributed by atoms with E-state index in [1.807, 2.05) is 60.4 Å². The van der Waals surface area contributed by atoms with Gasteiger partial charge in [0.2, 0.25) is 5.91 Å². The summed E-state index contributed by atoms with van der Waals surface area (Å²) in [6.07, 6.45) is 0.760. The third kappa shape index (κ3) is 3.93. The van der Waals surface area contributed by atoms with Crippen molar-refractivity contribution >= 4 is 28.9 Å². The second-order valence-electron chi connectivity index (χ2n) is 7.82. The average molecular weight is 442 g/mol. The van der Waals surface area contributed by atoms with Crippen LogP contribution in [0.4, 0.5) is 5.69 Å². The lowest BCUT2D eigenvalue weighted by Crippen LogP contribution is -2.71. The summed E-state index contributed by atoms with van der Waals surface area (Å²) in [4.78, 5) is 15.5. The summed E-state index contributed by atoms with van der Waals surface area (Å²) in [6.45, 7) is 3.14. The van der Waals surface area contributed by atoms with Crippen LogP contribution in [0.5, 0.6) is 11.5 Å². The van der Waals surface area contributed by atoms with E-state index in [1.54, 1.807) is 14.2 Å². The number of rotatable bonds is 7. The van der Waals surface area contributed by atoms with E-state index in [-0.39, 0.29) is 11.9 Å². The van der Waals surface area contributed by atoms with E-state index < -0.39 is 11.6 Å². The molecule has 8 heteroatoms. The van der Waals surface area contributed by atoms with Gasteiger partial charge in [-0.15, -0.1) is 0 Å². The van der Waals surface area contributed by atoms with Gasteiger partial charge in [0.25, 0.3) is 0 Å². The summed E-state index contributed by atoms with van der Waals surface area (Å²) in [7, 11) is 3.28. The Hall–Kier alpha value is -2.84. The molecule has 0 radical (unpaired) electrons. The summed E-state index contributed by atoms with van der Waals surface area (Å²) in [5.74, 6) is 0.820. The Bertz CT molecular complexity index is 968. The number of methoxy groups -OCH3 is 2. The number of carbonyl (C=O) groups is 1. The first-order valence-electron chi connectivity index (χ1n) is 10.3. The Labute approximate surface area is 187 Å². The van der Waals surface area contributed by atoms with Crippen LogP contribution in [-0.4, -0.2) is 49.0 Å². The van der Waals surface area contributed by atoms with Gasteiger partial charge in [-0.25, -0.2) is 0 Å². The second kappa shape index (κ2) is 8.72. The van der Waals surface area contributed by atoms with E-state index in [9.17, 15) is 4.79 Å². The number of amides is 1. The monoisotopic (exact) mass is 441 g/mol. The van der Waals surface area contributed by atoms with Gasteiger partial charge in [0.05, 0.1) is 13.2 Å². The highest BCUT2D eigenvalue weighted by atomic mass is 32.1. The van der Waals surface area contributed by atoms with Gasteiger partial charge < -0.3 is 29.7 Å². The molecule has 4 rings (SSSR count). The fourth-order valence-corrected chi connectivity index (χ4v) is 4.78. The molecule has 2 N–H and O–H groups in total. The lowest BCUT2D eigenvalue weighted by molar-refractivity contribution is -0.149. The summed E-state index contributed by atoms with van der Waals surface area (Å²) >= 11 is 5.68. The van der Waals surface area contributed by atoms with Crippen LogP contribution in [0.15, 0.2) is 48.5 Å². The molecule has 2 heterocycles. The molecule has 2 bridgehead atoms. The van der Waals surface area contributed by atoms with Gasteiger partial charge in [0, 0.05) is 31.5 Å². The molecule has 2 aliphatic rings. The molecule has 2 aromatic carbocycles. The first-order chi connectivity index (χ1) is 15.0. The maximum absolute atomic E-state index is 13.6. The molecule has 0 aliphatic carbocycles. The number of nitrogens with zero attached hydrogens (tertiary/aromatic N) is 1. The third-order valence-electron chi connectivity index (χ3n) is 5.91. The number of nitrogens with one attached hydrogen (secondary N) is 2. The molecule has 1 amide bonds. The van der Waals surface area contributed by atoms with Gasteiger partial charge in [-0.3, -0.25) is 4.79 Å². The second-order valence-corrected chi connectivity index (χ2v) is 8.20. The molecule has 31 heavy (non-hydrogen) atoms. The van der Waals surface area contributed by atoms with Gasteiger partial charge in [0.1, 0.15) is 17.4 Å². The lowest BCUT2D eigenvalue weighted by Gasteiger charge is -2.56. The maximum atomic E-state index is 13.6. The molecular weight excluding hydrogens is 414 g/mol. The van der Waals surface area contributed by atoms with E-state index in [2.05, 4.69) is 10.6 Å².